The SMILES string of the molecule is CN1CC2(CC2I)C1. The van der Waals surface area contributed by atoms with Crippen molar-refractivity contribution in [2.45, 2.75) is 10.3 Å². The third kappa shape index (κ3) is 0.559. The molecule has 0 N–H and O–H groups in total. The van der Waals surface area contributed by atoms with Gasteiger partial charge in [-0.2, -0.15) is 0 Å². The van der Waals surface area contributed by atoms with E-state index in [4.69, 9.17) is 0 Å². The average molecular weight is 223 g/mol. The van der Waals surface area contributed by atoms with Crippen molar-refractivity contribution in [3.05, 3.63) is 0 Å². The third-order valence-electron chi connectivity index (χ3n) is 2.26. The zero-order chi connectivity index (χ0) is 5.78. The first-order valence-corrected chi connectivity index (χ1v) is 4.30. The number of likely N-dealkylation sites (tertiary alicyclic amines) is 1. The molecule has 0 radical (unpaired) electrons. The number of hydrogen-bond donors (Lipinski definition) is 0. The first-order chi connectivity index (χ1) is 3.73. The molecule has 0 bridgehead atoms. The van der Waals surface area contributed by atoms with Crippen molar-refractivity contribution in [1.82, 2.24) is 4.90 Å². The minimum absolute atomic E-state index is 0.815. The second kappa shape index (κ2) is 1.40. The lowest BCUT2D eigenvalue weighted by Gasteiger charge is -2.37. The summed E-state index contributed by atoms with van der Waals surface area (Å²) in [7, 11) is 2.20. The van der Waals surface area contributed by atoms with Crippen LogP contribution in [0.25, 0.3) is 0 Å². The molecule has 8 heavy (non-hydrogen) atoms. The van der Waals surface area contributed by atoms with Gasteiger partial charge in [0, 0.05) is 22.4 Å². The van der Waals surface area contributed by atoms with Crippen LogP contribution in [0.5, 0.6) is 0 Å². The molecule has 1 heterocycles. The maximum atomic E-state index is 2.57. The lowest BCUT2D eigenvalue weighted by atomic mass is 9.98. The molecule has 1 saturated carbocycles. The first kappa shape index (κ1) is 5.47. The first-order valence-electron chi connectivity index (χ1n) is 3.06. The lowest BCUT2D eigenvalue weighted by Crippen LogP contribution is -2.46. The van der Waals surface area contributed by atoms with Crippen molar-refractivity contribution < 1.29 is 0 Å². The van der Waals surface area contributed by atoms with Gasteiger partial charge in [0.05, 0.1) is 0 Å². The zero-order valence-electron chi connectivity index (χ0n) is 5.02. The van der Waals surface area contributed by atoms with Gasteiger partial charge in [-0.1, -0.05) is 22.6 Å². The summed E-state index contributed by atoms with van der Waals surface area (Å²) in [6, 6.07) is 0. The molecular formula is C6H10IN. The molecule has 0 aromatic heterocycles. The van der Waals surface area contributed by atoms with Crippen LogP contribution in [0.2, 0.25) is 0 Å². The third-order valence-corrected chi connectivity index (χ3v) is 4.02. The summed E-state index contributed by atoms with van der Waals surface area (Å²) in [4.78, 5) is 2.40. The van der Waals surface area contributed by atoms with Crippen LogP contribution in [0.15, 0.2) is 0 Å². The number of nitrogens with zero attached hydrogens (tertiary/aromatic N) is 1. The Bertz CT molecular complexity index is 118. The fourth-order valence-corrected chi connectivity index (χ4v) is 2.92. The number of halogens is 1. The van der Waals surface area contributed by atoms with E-state index in [0.29, 0.717) is 0 Å². The van der Waals surface area contributed by atoms with Gasteiger partial charge in [-0.05, 0) is 13.5 Å². The quantitative estimate of drug-likeness (QED) is 0.439. The van der Waals surface area contributed by atoms with E-state index in [2.05, 4.69) is 34.5 Å². The Morgan fingerprint density at radius 3 is 2.25 bits per heavy atom. The van der Waals surface area contributed by atoms with Crippen molar-refractivity contribution in [3.63, 3.8) is 0 Å². The number of rotatable bonds is 0. The molecule has 2 heteroatoms. The second-order valence-electron chi connectivity index (χ2n) is 3.21. The average Bonchev–Trinajstić information content (AvgIpc) is 2.13. The Balaban J connectivity index is 1.96. The summed E-state index contributed by atoms with van der Waals surface area (Å²) >= 11 is 2.57. The van der Waals surface area contributed by atoms with Crippen molar-refractivity contribution in [2.24, 2.45) is 5.41 Å². The molecule has 2 rings (SSSR count). The summed E-state index contributed by atoms with van der Waals surface area (Å²) in [5.74, 6) is 0. The Morgan fingerprint density at radius 1 is 1.62 bits per heavy atom. The van der Waals surface area contributed by atoms with E-state index < -0.39 is 0 Å². The normalized spacial score (nSPS) is 42.0. The fraction of sp³-hybridized carbons (Fsp3) is 1.00. The van der Waals surface area contributed by atoms with Crippen LogP contribution in [0.3, 0.4) is 0 Å². The molecule has 1 nitrogen and oxygen atoms in total. The van der Waals surface area contributed by atoms with E-state index >= 15 is 0 Å². The van der Waals surface area contributed by atoms with E-state index in [1.807, 2.05) is 0 Å². The van der Waals surface area contributed by atoms with Crippen molar-refractivity contribution in [1.29, 1.82) is 0 Å². The number of hydrogen-bond acceptors (Lipinski definition) is 1. The Hall–Kier alpha value is 0.690. The fourth-order valence-electron chi connectivity index (χ4n) is 1.65. The van der Waals surface area contributed by atoms with E-state index in [1.165, 1.54) is 19.5 Å². The summed E-state index contributed by atoms with van der Waals surface area (Å²) < 4.78 is 1.01. The molecule has 1 saturated heterocycles. The van der Waals surface area contributed by atoms with Crippen LogP contribution in [0.4, 0.5) is 0 Å². The van der Waals surface area contributed by atoms with E-state index in [9.17, 15) is 0 Å². The topological polar surface area (TPSA) is 3.24 Å². The van der Waals surface area contributed by atoms with Crippen LogP contribution < -0.4 is 0 Å². The van der Waals surface area contributed by atoms with Crippen molar-refractivity contribution in [3.8, 4) is 0 Å². The van der Waals surface area contributed by atoms with E-state index in [1.54, 1.807) is 0 Å². The molecule has 1 atom stereocenters. The van der Waals surface area contributed by atoms with Gasteiger partial charge in [0.25, 0.3) is 0 Å². The van der Waals surface area contributed by atoms with Gasteiger partial charge in [-0.25, -0.2) is 0 Å². The van der Waals surface area contributed by atoms with Gasteiger partial charge in [-0.15, -0.1) is 0 Å². The lowest BCUT2D eigenvalue weighted by molar-refractivity contribution is 0.117. The van der Waals surface area contributed by atoms with Gasteiger partial charge in [0.1, 0.15) is 0 Å². The zero-order valence-corrected chi connectivity index (χ0v) is 7.18. The summed E-state index contributed by atoms with van der Waals surface area (Å²) in [6.45, 7) is 2.72. The standard InChI is InChI=1S/C6H10IN/c1-8-3-6(4-8)2-5(6)7/h5H,2-4H2,1H3. The predicted molar refractivity (Wildman–Crippen MR) is 42.4 cm³/mol. The van der Waals surface area contributed by atoms with Crippen molar-refractivity contribution in [2.75, 3.05) is 20.1 Å². The van der Waals surface area contributed by atoms with Gasteiger partial charge in [0.2, 0.25) is 0 Å². The maximum absolute atomic E-state index is 2.57. The monoisotopic (exact) mass is 223 g/mol. The Labute approximate surface area is 63.6 Å². The molecular weight excluding hydrogens is 213 g/mol. The smallest absolute Gasteiger partial charge is 0.0197 e. The summed E-state index contributed by atoms with van der Waals surface area (Å²) in [5.41, 5.74) is 0.815. The van der Waals surface area contributed by atoms with Crippen LogP contribution in [-0.2, 0) is 0 Å². The minimum Gasteiger partial charge on any atom is -0.305 e. The Kier molecular flexibility index (Phi) is 0.956. The van der Waals surface area contributed by atoms with Crippen LogP contribution >= 0.6 is 22.6 Å². The molecule has 1 aliphatic heterocycles. The maximum Gasteiger partial charge on any atom is 0.0197 e. The highest BCUT2D eigenvalue weighted by molar-refractivity contribution is 14.1. The van der Waals surface area contributed by atoms with Crippen LogP contribution in [-0.4, -0.2) is 29.0 Å². The predicted octanol–water partition coefficient (Wildman–Crippen LogP) is 1.13. The molecule has 1 spiro atoms. The van der Waals surface area contributed by atoms with Crippen LogP contribution in [0, 0.1) is 5.41 Å². The minimum atomic E-state index is 0.815. The molecule has 46 valence electrons. The molecule has 2 aliphatic rings. The summed E-state index contributed by atoms with van der Waals surface area (Å²) in [6.07, 6.45) is 1.48. The molecule has 2 fully saturated rings. The van der Waals surface area contributed by atoms with Gasteiger partial charge < -0.3 is 4.90 Å². The van der Waals surface area contributed by atoms with Gasteiger partial charge in [0.15, 0.2) is 0 Å². The molecule has 0 amide bonds. The second-order valence-corrected chi connectivity index (χ2v) is 4.71. The number of alkyl halides is 1. The van der Waals surface area contributed by atoms with Gasteiger partial charge in [-0.3, -0.25) is 0 Å². The highest BCUT2D eigenvalue weighted by atomic mass is 127. The van der Waals surface area contributed by atoms with Crippen LogP contribution in [0.1, 0.15) is 6.42 Å². The molecule has 0 aromatic carbocycles. The molecule has 1 unspecified atom stereocenters. The molecule has 1 aliphatic carbocycles. The largest absolute Gasteiger partial charge is 0.305 e. The summed E-state index contributed by atoms with van der Waals surface area (Å²) in [5, 5.41) is 0. The van der Waals surface area contributed by atoms with Gasteiger partial charge >= 0.3 is 0 Å². The van der Waals surface area contributed by atoms with E-state index in [-0.39, 0.29) is 0 Å². The highest BCUT2D eigenvalue weighted by Crippen LogP contribution is 2.57. The van der Waals surface area contributed by atoms with E-state index in [0.717, 1.165) is 9.34 Å². The van der Waals surface area contributed by atoms with Crippen molar-refractivity contribution >= 4 is 22.6 Å². The Morgan fingerprint density at radius 2 is 2.12 bits per heavy atom. The molecule has 0 aromatic rings. The highest BCUT2D eigenvalue weighted by Gasteiger charge is 2.58.